The van der Waals surface area contributed by atoms with Gasteiger partial charge >= 0.3 is 16.2 Å². The van der Waals surface area contributed by atoms with Crippen LogP contribution in [0.4, 0.5) is 25.2 Å². The second-order valence-electron chi connectivity index (χ2n) is 7.65. The van der Waals surface area contributed by atoms with E-state index < -0.39 is 36.5 Å². The molecule has 0 aliphatic heterocycles. The van der Waals surface area contributed by atoms with Crippen LogP contribution >= 0.6 is 44.8 Å². The summed E-state index contributed by atoms with van der Waals surface area (Å²) < 4.78 is 72.6. The Labute approximate surface area is 209 Å². The Hall–Kier alpha value is -2.60. The van der Waals surface area contributed by atoms with Gasteiger partial charge in [0.1, 0.15) is 27.5 Å². The summed E-state index contributed by atoms with van der Waals surface area (Å²) in [4.78, 5) is 14.4. The number of hydrogen-bond donors (Lipinski definition) is 1. The summed E-state index contributed by atoms with van der Waals surface area (Å²) in [5.41, 5.74) is -1.72. The molecule has 1 saturated carbocycles. The smallest absolute Gasteiger partial charge is 0.316 e. The highest BCUT2D eigenvalue weighted by atomic mass is 35.5. The summed E-state index contributed by atoms with van der Waals surface area (Å²) in [7, 11) is -8.92. The number of nitrogens with zero attached hydrogens (tertiary/aromatic N) is 4. The molecule has 3 aromatic rings. The number of esters is 1. The first-order valence-corrected chi connectivity index (χ1v) is 13.2. The van der Waals surface area contributed by atoms with Crippen LogP contribution in [0.25, 0.3) is 5.69 Å². The third-order valence-corrected chi connectivity index (χ3v) is 7.82. The molecule has 1 aliphatic carbocycles. The molecule has 0 bridgehead atoms. The molecule has 2 heterocycles. The van der Waals surface area contributed by atoms with Crippen LogP contribution in [-0.2, 0) is 21.5 Å². The van der Waals surface area contributed by atoms with Crippen molar-refractivity contribution in [1.82, 2.24) is 14.8 Å². The van der Waals surface area contributed by atoms with Crippen LogP contribution in [0, 0.1) is 11.3 Å². The summed E-state index contributed by atoms with van der Waals surface area (Å²) in [5, 5.41) is 17.5. The second-order valence-corrected chi connectivity index (χ2v) is 11.9. The van der Waals surface area contributed by atoms with Crippen LogP contribution in [0.3, 0.4) is 0 Å². The zero-order valence-corrected chi connectivity index (χ0v) is 20.6. The van der Waals surface area contributed by atoms with Gasteiger partial charge in [0, 0.05) is 11.6 Å². The number of carbonyl (C=O) groups excluding carboxylic acids is 1. The lowest BCUT2D eigenvalue weighted by Crippen LogP contribution is -2.24. The van der Waals surface area contributed by atoms with Crippen LogP contribution < -0.4 is 5.32 Å². The summed E-state index contributed by atoms with van der Waals surface area (Å²) in [6.45, 7) is 0.0806. The molecule has 7 nitrogen and oxygen atoms in total. The predicted molar refractivity (Wildman–Crippen MR) is 122 cm³/mol. The maximum atomic E-state index is 13.4. The molecule has 4 rings (SSSR count). The first kappa shape index (κ1) is 25.5. The average molecular weight is 574 g/mol. The van der Waals surface area contributed by atoms with Gasteiger partial charge in [0.25, 0.3) is 0 Å². The fraction of sp³-hybridized carbons (Fsp3) is 0.263. The van der Waals surface area contributed by atoms with E-state index in [1.165, 1.54) is 18.4 Å². The van der Waals surface area contributed by atoms with E-state index in [0.29, 0.717) is 17.8 Å². The van der Waals surface area contributed by atoms with Gasteiger partial charge in [-0.2, -0.15) is 10.4 Å². The molecule has 2 aromatic heterocycles. The van der Waals surface area contributed by atoms with Gasteiger partial charge < -0.3 is 10.1 Å². The molecular formula is C19H14Cl2F5N5O2S2. The fourth-order valence-electron chi connectivity index (χ4n) is 3.62. The van der Waals surface area contributed by atoms with Crippen molar-refractivity contribution >= 4 is 56.5 Å². The Bertz CT molecular complexity index is 1360. The SMILES string of the molecule is COC(=O)C1(c2c(C#N)nn(-c3c(Cl)cc(S(F)(F)(F)(F)F)cc3Cl)c2NCc2nccs2)CC1. The van der Waals surface area contributed by atoms with E-state index in [0.717, 1.165) is 4.68 Å². The van der Waals surface area contributed by atoms with Crippen LogP contribution in [0.15, 0.2) is 28.6 Å². The summed E-state index contributed by atoms with van der Waals surface area (Å²) in [6, 6.07) is 1.96. The lowest BCUT2D eigenvalue weighted by Gasteiger charge is -2.40. The van der Waals surface area contributed by atoms with E-state index in [1.54, 1.807) is 11.6 Å². The van der Waals surface area contributed by atoms with E-state index in [1.807, 2.05) is 6.07 Å². The average Bonchev–Trinajstić information content (AvgIpc) is 3.22. The minimum atomic E-state index is -10.1. The van der Waals surface area contributed by atoms with E-state index >= 15 is 0 Å². The summed E-state index contributed by atoms with van der Waals surface area (Å²) in [5.74, 6) is -0.622. The quantitative estimate of drug-likeness (QED) is 0.242. The van der Waals surface area contributed by atoms with E-state index in [9.17, 15) is 29.5 Å². The topological polar surface area (TPSA) is 92.8 Å². The molecule has 0 spiro atoms. The zero-order chi connectivity index (χ0) is 25.9. The number of rotatable bonds is 7. The van der Waals surface area contributed by atoms with Crippen molar-refractivity contribution in [2.45, 2.75) is 29.7 Å². The molecule has 1 aromatic carbocycles. The van der Waals surface area contributed by atoms with Crippen molar-refractivity contribution in [2.75, 3.05) is 12.4 Å². The Kier molecular flexibility index (Phi) is 5.61. The Morgan fingerprint density at radius 3 is 2.37 bits per heavy atom. The highest BCUT2D eigenvalue weighted by molar-refractivity contribution is 8.45. The van der Waals surface area contributed by atoms with Gasteiger partial charge in [0.05, 0.1) is 34.7 Å². The number of halogens is 7. The van der Waals surface area contributed by atoms with Crippen LogP contribution in [0.5, 0.6) is 0 Å². The number of benzene rings is 1. The van der Waals surface area contributed by atoms with E-state index in [-0.39, 0.29) is 41.4 Å². The number of carbonyl (C=O) groups is 1. The normalized spacial score (nSPS) is 16.7. The summed E-state index contributed by atoms with van der Waals surface area (Å²) in [6.07, 6.45) is 2.18. The minimum absolute atomic E-state index is 0.0172. The second kappa shape index (κ2) is 7.70. The molecular weight excluding hydrogens is 560 g/mol. The molecule has 0 atom stereocenters. The monoisotopic (exact) mass is 573 g/mol. The number of anilines is 1. The summed E-state index contributed by atoms with van der Waals surface area (Å²) >= 11 is 13.3. The van der Waals surface area contributed by atoms with Crippen LogP contribution in [0.1, 0.15) is 29.1 Å². The van der Waals surface area contributed by atoms with Gasteiger partial charge in [0.2, 0.25) is 0 Å². The number of ether oxygens (including phenoxy) is 1. The van der Waals surface area contributed by atoms with Gasteiger partial charge in [-0.3, -0.25) is 4.79 Å². The van der Waals surface area contributed by atoms with E-state index in [2.05, 4.69) is 15.4 Å². The molecule has 16 heteroatoms. The third-order valence-electron chi connectivity index (χ3n) is 5.33. The molecule has 0 radical (unpaired) electrons. The number of nitrogens with one attached hydrogen (secondary N) is 1. The lowest BCUT2D eigenvalue weighted by molar-refractivity contribution is -0.143. The van der Waals surface area contributed by atoms with Crippen molar-refractivity contribution in [1.29, 1.82) is 5.26 Å². The van der Waals surface area contributed by atoms with Crippen LogP contribution in [0.2, 0.25) is 10.0 Å². The highest BCUT2D eigenvalue weighted by Crippen LogP contribution is 3.02. The number of aromatic nitrogens is 3. The van der Waals surface area contributed by atoms with Gasteiger partial charge in [-0.15, -0.1) is 11.3 Å². The van der Waals surface area contributed by atoms with E-state index in [4.69, 9.17) is 27.9 Å². The highest BCUT2D eigenvalue weighted by Gasteiger charge is 2.65. The molecule has 1 N–H and O–H groups in total. The van der Waals surface area contributed by atoms with Gasteiger partial charge in [-0.1, -0.05) is 42.6 Å². The molecule has 35 heavy (non-hydrogen) atoms. The Morgan fingerprint density at radius 2 is 1.91 bits per heavy atom. The molecule has 188 valence electrons. The minimum Gasteiger partial charge on any atom is -0.468 e. The molecule has 1 aliphatic rings. The number of thiazole rings is 1. The standard InChI is InChI=1S/C19H14Cl2F5N5O2S2/c1-33-18(32)19(2-3-19)15-13(8-27)30-31(17(15)29-9-14-28-4-5-34-14)16-11(20)6-10(7-12(16)21)35(22,23,24,25)26/h4-7,29H,2-3,9H2,1H3. The number of hydrogen-bond acceptors (Lipinski definition) is 7. The van der Waals surface area contributed by atoms with Crippen molar-refractivity contribution in [3.05, 3.63) is 50.0 Å². The van der Waals surface area contributed by atoms with Crippen molar-refractivity contribution < 1.29 is 29.0 Å². The molecule has 0 amide bonds. The molecule has 0 unspecified atom stereocenters. The van der Waals surface area contributed by atoms with Crippen molar-refractivity contribution in [3.8, 4) is 11.8 Å². The number of nitriles is 1. The van der Waals surface area contributed by atoms with Gasteiger partial charge in [-0.05, 0) is 25.0 Å². The lowest BCUT2D eigenvalue weighted by atomic mass is 9.95. The maximum Gasteiger partial charge on any atom is 0.316 e. The van der Waals surface area contributed by atoms with Crippen molar-refractivity contribution in [3.63, 3.8) is 0 Å². The van der Waals surface area contributed by atoms with Crippen molar-refractivity contribution in [2.24, 2.45) is 0 Å². The number of methoxy groups -OCH3 is 1. The van der Waals surface area contributed by atoms with Crippen LogP contribution in [-0.4, -0.2) is 27.8 Å². The Morgan fingerprint density at radius 1 is 1.29 bits per heavy atom. The third kappa shape index (κ3) is 4.65. The first-order chi connectivity index (χ1) is 16.1. The first-order valence-electron chi connectivity index (χ1n) is 9.59. The zero-order valence-electron chi connectivity index (χ0n) is 17.5. The fourth-order valence-corrected chi connectivity index (χ4v) is 5.63. The largest absolute Gasteiger partial charge is 0.468 e. The van der Waals surface area contributed by atoms with Gasteiger partial charge in [0.15, 0.2) is 5.69 Å². The molecule has 1 fully saturated rings. The maximum absolute atomic E-state index is 13.4. The van der Waals surface area contributed by atoms with Gasteiger partial charge in [-0.25, -0.2) is 9.67 Å². The predicted octanol–water partition coefficient (Wildman–Crippen LogP) is 6.98. The Balaban J connectivity index is 1.95. The molecule has 0 saturated heterocycles.